The summed E-state index contributed by atoms with van der Waals surface area (Å²) in [6, 6.07) is 0.326. The van der Waals surface area contributed by atoms with Gasteiger partial charge in [0.05, 0.1) is 11.9 Å². The number of halogens is 1. The Kier molecular flexibility index (Phi) is 11.1. The Bertz CT molecular complexity index is 579. The molecule has 9 nitrogen and oxygen atoms in total. The van der Waals surface area contributed by atoms with Gasteiger partial charge in [-0.15, -0.1) is 0 Å². The molecule has 0 saturated heterocycles. The Hall–Kier alpha value is -2.23. The molecule has 1 unspecified atom stereocenters. The van der Waals surface area contributed by atoms with Crippen molar-refractivity contribution in [3.05, 3.63) is 29.2 Å². The Labute approximate surface area is 150 Å². The van der Waals surface area contributed by atoms with Crippen LogP contribution in [0.5, 0.6) is 5.88 Å². The highest BCUT2D eigenvalue weighted by atomic mass is 35.5. The van der Waals surface area contributed by atoms with Gasteiger partial charge in [-0.3, -0.25) is 0 Å². The molecule has 1 rings (SSSR count). The molecule has 1 aromatic heterocycles. The molecule has 0 bridgehead atoms. The topological polar surface area (TPSA) is 142 Å². The number of carboxylic acids is 2. The summed E-state index contributed by atoms with van der Waals surface area (Å²) in [6.45, 7) is 6.42. The van der Waals surface area contributed by atoms with Gasteiger partial charge in [0.15, 0.2) is 5.15 Å². The highest BCUT2D eigenvalue weighted by Crippen LogP contribution is 2.18. The van der Waals surface area contributed by atoms with Crippen molar-refractivity contribution in [3.8, 4) is 5.88 Å². The van der Waals surface area contributed by atoms with Gasteiger partial charge >= 0.3 is 11.9 Å². The highest BCUT2D eigenvalue weighted by molar-refractivity contribution is 6.30. The van der Waals surface area contributed by atoms with E-state index in [9.17, 15) is 14.7 Å². The number of ether oxygens (including phenoxy) is 1. The normalized spacial score (nSPS) is 11.8. The molecule has 0 aliphatic heterocycles. The first-order valence-corrected chi connectivity index (χ1v) is 7.67. The van der Waals surface area contributed by atoms with E-state index in [1.165, 1.54) is 0 Å². The average Bonchev–Trinajstić information content (AvgIpc) is 2.52. The van der Waals surface area contributed by atoms with Crippen molar-refractivity contribution < 1.29 is 29.6 Å². The number of nitrogens with zero attached hydrogens (tertiary/aromatic N) is 2. The van der Waals surface area contributed by atoms with Crippen molar-refractivity contribution in [2.75, 3.05) is 13.2 Å². The fraction of sp³-hybridized carbons (Fsp3) is 0.467. The third kappa shape index (κ3) is 12.8. The largest absolute Gasteiger partial charge is 0.478 e. The zero-order valence-corrected chi connectivity index (χ0v) is 14.9. The van der Waals surface area contributed by atoms with E-state index in [0.29, 0.717) is 24.7 Å². The smallest absolute Gasteiger partial charge is 0.328 e. The Morgan fingerprint density at radius 2 is 1.88 bits per heavy atom. The molecule has 25 heavy (non-hydrogen) atoms. The third-order valence-corrected chi connectivity index (χ3v) is 2.62. The number of aromatic nitrogens is 2. The van der Waals surface area contributed by atoms with Gasteiger partial charge in [-0.25, -0.2) is 19.6 Å². The fourth-order valence-corrected chi connectivity index (χ4v) is 1.43. The van der Waals surface area contributed by atoms with Crippen LogP contribution in [0.4, 0.5) is 0 Å². The Balaban J connectivity index is 0.000000609. The molecule has 0 aliphatic rings. The van der Waals surface area contributed by atoms with Crippen LogP contribution in [-0.4, -0.2) is 62.5 Å². The summed E-state index contributed by atoms with van der Waals surface area (Å²) in [5.41, 5.74) is 0.721. The van der Waals surface area contributed by atoms with Crippen molar-refractivity contribution in [2.45, 2.75) is 32.9 Å². The molecule has 0 aliphatic carbocycles. The van der Waals surface area contributed by atoms with Crippen LogP contribution in [0.25, 0.3) is 0 Å². The second-order valence-electron chi connectivity index (χ2n) is 5.14. The van der Waals surface area contributed by atoms with Crippen molar-refractivity contribution in [1.29, 1.82) is 0 Å². The van der Waals surface area contributed by atoms with E-state index in [1.807, 2.05) is 13.8 Å². The number of rotatable bonds is 8. The summed E-state index contributed by atoms with van der Waals surface area (Å²) in [5.74, 6) is -2.25. The number of hydrogen-bond donors (Lipinski definition) is 4. The van der Waals surface area contributed by atoms with Crippen LogP contribution < -0.4 is 10.1 Å². The first-order chi connectivity index (χ1) is 11.6. The maximum absolute atomic E-state index is 9.64. The molecule has 0 fully saturated rings. The minimum absolute atomic E-state index is 0.136. The second-order valence-corrected chi connectivity index (χ2v) is 5.50. The number of aryl methyl sites for hydroxylation is 1. The van der Waals surface area contributed by atoms with Crippen LogP contribution in [-0.2, 0) is 9.59 Å². The van der Waals surface area contributed by atoms with Gasteiger partial charge in [-0.1, -0.05) is 25.4 Å². The van der Waals surface area contributed by atoms with Crippen LogP contribution in [0.2, 0.25) is 5.15 Å². The van der Waals surface area contributed by atoms with E-state index in [4.69, 9.17) is 26.6 Å². The molecule has 0 amide bonds. The number of carboxylic acid groups (broad SMARTS) is 2. The maximum atomic E-state index is 9.64. The molecule has 0 spiro atoms. The van der Waals surface area contributed by atoms with Gasteiger partial charge in [0, 0.05) is 24.7 Å². The van der Waals surface area contributed by atoms with Crippen molar-refractivity contribution in [2.24, 2.45) is 0 Å². The molecule has 140 valence electrons. The maximum Gasteiger partial charge on any atom is 0.328 e. The molecule has 1 heterocycles. The number of carbonyl (C=O) groups is 2. The lowest BCUT2D eigenvalue weighted by molar-refractivity contribution is -0.134. The summed E-state index contributed by atoms with van der Waals surface area (Å²) < 4.78 is 5.32. The molecular formula is C15H22ClN3O6. The predicted molar refractivity (Wildman–Crippen MR) is 90.8 cm³/mol. The molecule has 0 radical (unpaired) electrons. The molecule has 1 aromatic rings. The van der Waals surface area contributed by atoms with Crippen LogP contribution in [0.3, 0.4) is 0 Å². The zero-order valence-electron chi connectivity index (χ0n) is 14.1. The van der Waals surface area contributed by atoms with Crippen LogP contribution in [0.15, 0.2) is 18.3 Å². The van der Waals surface area contributed by atoms with Crippen LogP contribution in [0, 0.1) is 6.92 Å². The Morgan fingerprint density at radius 1 is 1.32 bits per heavy atom. The number of aliphatic hydroxyl groups is 1. The lowest BCUT2D eigenvalue weighted by Crippen LogP contribution is -2.35. The summed E-state index contributed by atoms with van der Waals surface area (Å²) in [5, 5.41) is 28.6. The van der Waals surface area contributed by atoms with Gasteiger partial charge in [-0.2, -0.15) is 0 Å². The number of aliphatic carboxylic acids is 2. The number of nitrogens with one attached hydrogen (secondary N) is 1. The van der Waals surface area contributed by atoms with Crippen molar-refractivity contribution >= 4 is 23.5 Å². The monoisotopic (exact) mass is 375 g/mol. The fourth-order valence-electron chi connectivity index (χ4n) is 1.28. The standard InChI is InChI=1S/C11H18ClN3O2.C4H4O4/c1-7(2)13-5-9(16)6-17-11-10(12)14-4-8(3)15-11;5-3(6)1-2-4(7)8/h4,7,9,13,16H,5-6H2,1-3H3;1-2H,(H,5,6)(H,7,8)/b;2-1+. The van der Waals surface area contributed by atoms with Gasteiger partial charge in [0.25, 0.3) is 5.88 Å². The summed E-state index contributed by atoms with van der Waals surface area (Å²) in [6.07, 6.45) is 2.08. The van der Waals surface area contributed by atoms with Gasteiger partial charge in [-0.05, 0) is 6.92 Å². The van der Waals surface area contributed by atoms with Crippen LogP contribution in [0.1, 0.15) is 19.5 Å². The van der Waals surface area contributed by atoms with E-state index in [1.54, 1.807) is 13.1 Å². The second kappa shape index (κ2) is 12.2. The minimum Gasteiger partial charge on any atom is -0.478 e. The molecule has 1 atom stereocenters. The summed E-state index contributed by atoms with van der Waals surface area (Å²) in [7, 11) is 0. The predicted octanol–water partition coefficient (Wildman–Crippen LogP) is 0.888. The average molecular weight is 376 g/mol. The minimum atomic E-state index is -1.26. The van der Waals surface area contributed by atoms with Crippen molar-refractivity contribution in [3.63, 3.8) is 0 Å². The van der Waals surface area contributed by atoms with Gasteiger partial charge in [0.1, 0.15) is 12.7 Å². The number of aliphatic hydroxyl groups excluding tert-OH is 1. The summed E-state index contributed by atoms with van der Waals surface area (Å²) in [4.78, 5) is 27.1. The van der Waals surface area contributed by atoms with Crippen molar-refractivity contribution in [1.82, 2.24) is 15.3 Å². The molecule has 0 saturated carbocycles. The van der Waals surface area contributed by atoms with Crippen LogP contribution >= 0.6 is 11.6 Å². The van der Waals surface area contributed by atoms with E-state index in [0.717, 1.165) is 5.69 Å². The first-order valence-electron chi connectivity index (χ1n) is 7.29. The number of hydrogen-bond acceptors (Lipinski definition) is 7. The van der Waals surface area contributed by atoms with E-state index >= 15 is 0 Å². The molecular weight excluding hydrogens is 354 g/mol. The third-order valence-electron chi connectivity index (χ3n) is 2.36. The quantitative estimate of drug-likeness (QED) is 0.487. The lowest BCUT2D eigenvalue weighted by atomic mass is 10.3. The SMILES string of the molecule is Cc1cnc(Cl)c(OCC(O)CNC(C)C)n1.O=C(O)/C=C/C(=O)O. The highest BCUT2D eigenvalue weighted by Gasteiger charge is 2.10. The zero-order chi connectivity index (χ0) is 19.4. The molecule has 4 N–H and O–H groups in total. The molecule has 0 aromatic carbocycles. The molecule has 10 heteroatoms. The first kappa shape index (κ1) is 22.8. The van der Waals surface area contributed by atoms with E-state index in [-0.39, 0.29) is 17.6 Å². The Morgan fingerprint density at radius 3 is 2.36 bits per heavy atom. The summed E-state index contributed by atoms with van der Waals surface area (Å²) >= 11 is 5.81. The van der Waals surface area contributed by atoms with E-state index in [2.05, 4.69) is 15.3 Å². The van der Waals surface area contributed by atoms with Gasteiger partial charge in [0.2, 0.25) is 0 Å². The van der Waals surface area contributed by atoms with Gasteiger partial charge < -0.3 is 25.4 Å². The lowest BCUT2D eigenvalue weighted by Gasteiger charge is -2.14. The van der Waals surface area contributed by atoms with E-state index < -0.39 is 18.0 Å².